The van der Waals surface area contributed by atoms with Gasteiger partial charge in [-0.05, 0) is 39.3 Å². The van der Waals surface area contributed by atoms with Gasteiger partial charge in [0.2, 0.25) is 0 Å². The van der Waals surface area contributed by atoms with Crippen LogP contribution in [0.1, 0.15) is 27.2 Å². The van der Waals surface area contributed by atoms with Gasteiger partial charge in [0.1, 0.15) is 5.60 Å². The van der Waals surface area contributed by atoms with E-state index in [0.29, 0.717) is 6.04 Å². The Labute approximate surface area is 142 Å². The first-order chi connectivity index (χ1) is 11.4. The van der Waals surface area contributed by atoms with E-state index in [0.717, 1.165) is 25.0 Å². The molecule has 2 fully saturated rings. The summed E-state index contributed by atoms with van der Waals surface area (Å²) < 4.78 is 5.54. The summed E-state index contributed by atoms with van der Waals surface area (Å²) in [6, 6.07) is 10.9. The zero-order valence-corrected chi connectivity index (χ0v) is 14.4. The molecule has 1 aromatic carbocycles. The van der Waals surface area contributed by atoms with Crippen LogP contribution in [-0.4, -0.2) is 46.8 Å². The van der Waals surface area contributed by atoms with E-state index >= 15 is 0 Å². The van der Waals surface area contributed by atoms with Crippen molar-refractivity contribution in [1.82, 2.24) is 9.88 Å². The Morgan fingerprint density at radius 3 is 2.67 bits per heavy atom. The van der Waals surface area contributed by atoms with E-state index in [1.165, 1.54) is 11.1 Å². The van der Waals surface area contributed by atoms with Crippen LogP contribution in [0.25, 0.3) is 10.9 Å². The molecular weight excluding hydrogens is 302 g/mol. The maximum Gasteiger partial charge on any atom is 0.410 e. The minimum Gasteiger partial charge on any atom is -0.444 e. The third-order valence-electron chi connectivity index (χ3n) is 4.80. The van der Waals surface area contributed by atoms with E-state index in [1.54, 1.807) is 0 Å². The number of anilines is 1. The third-order valence-corrected chi connectivity index (χ3v) is 4.80. The molecule has 2 bridgehead atoms. The molecule has 2 aromatic rings. The van der Waals surface area contributed by atoms with Crippen LogP contribution in [0, 0.1) is 0 Å². The summed E-state index contributed by atoms with van der Waals surface area (Å²) >= 11 is 0. The van der Waals surface area contributed by atoms with E-state index in [1.807, 2.05) is 44.0 Å². The van der Waals surface area contributed by atoms with Gasteiger partial charge in [0.15, 0.2) is 0 Å². The summed E-state index contributed by atoms with van der Waals surface area (Å²) in [5, 5.41) is 1.18. The van der Waals surface area contributed by atoms with Gasteiger partial charge < -0.3 is 14.5 Å². The second-order valence-corrected chi connectivity index (χ2v) is 7.68. The summed E-state index contributed by atoms with van der Waals surface area (Å²) in [4.78, 5) is 21.2. The van der Waals surface area contributed by atoms with E-state index in [2.05, 4.69) is 28.1 Å². The minimum absolute atomic E-state index is 0.186. The molecule has 0 unspecified atom stereocenters. The average Bonchev–Trinajstić information content (AvgIpc) is 3.13. The van der Waals surface area contributed by atoms with Crippen molar-refractivity contribution in [3.05, 3.63) is 36.5 Å². The molecule has 1 aromatic heterocycles. The lowest BCUT2D eigenvalue weighted by Crippen LogP contribution is -2.50. The molecule has 0 saturated carbocycles. The van der Waals surface area contributed by atoms with Crippen LogP contribution in [0.5, 0.6) is 0 Å². The number of pyridine rings is 1. The molecule has 5 nitrogen and oxygen atoms in total. The van der Waals surface area contributed by atoms with Crippen molar-refractivity contribution in [3.63, 3.8) is 0 Å². The number of hydrogen-bond acceptors (Lipinski definition) is 4. The number of likely N-dealkylation sites (tertiary alicyclic amines) is 1. The number of carbonyl (C=O) groups excluding carboxylic acids is 1. The van der Waals surface area contributed by atoms with Crippen molar-refractivity contribution in [3.8, 4) is 0 Å². The van der Waals surface area contributed by atoms with Crippen LogP contribution in [0.15, 0.2) is 36.5 Å². The van der Waals surface area contributed by atoms with E-state index in [4.69, 9.17) is 4.74 Å². The first kappa shape index (κ1) is 15.2. The lowest BCUT2D eigenvalue weighted by atomic mass is 10.1. The highest BCUT2D eigenvalue weighted by molar-refractivity contribution is 5.92. The standard InChI is InChI=1S/C19H23N3O2/c1-19(2,3)24-18(23)22-12-13-10-14(22)11-21(13)17-8-9-20-16-7-5-4-6-15(16)17/h4-9,13-14H,10-12H2,1-3H3/t13-,14-/m0/s1. The minimum atomic E-state index is -0.445. The number of rotatable bonds is 1. The molecule has 126 valence electrons. The summed E-state index contributed by atoms with van der Waals surface area (Å²) in [6.07, 6.45) is 2.69. The number of carbonyl (C=O) groups is 1. The highest BCUT2D eigenvalue weighted by atomic mass is 16.6. The van der Waals surface area contributed by atoms with E-state index in [-0.39, 0.29) is 12.1 Å². The van der Waals surface area contributed by atoms with Crippen LogP contribution in [0.3, 0.4) is 0 Å². The number of hydrogen-bond donors (Lipinski definition) is 0. The van der Waals surface area contributed by atoms with Gasteiger partial charge in [0.25, 0.3) is 0 Å². The Morgan fingerprint density at radius 1 is 1.17 bits per heavy atom. The number of piperazine rings is 1. The summed E-state index contributed by atoms with van der Waals surface area (Å²) in [5.74, 6) is 0. The number of fused-ring (bicyclic) bond motifs is 3. The van der Waals surface area contributed by atoms with Crippen molar-refractivity contribution in [2.75, 3.05) is 18.0 Å². The molecule has 24 heavy (non-hydrogen) atoms. The van der Waals surface area contributed by atoms with Crippen molar-refractivity contribution in [2.24, 2.45) is 0 Å². The maximum absolute atomic E-state index is 12.4. The van der Waals surface area contributed by atoms with Gasteiger partial charge in [-0.1, -0.05) is 18.2 Å². The number of ether oxygens (including phenoxy) is 1. The molecule has 1 amide bonds. The van der Waals surface area contributed by atoms with Crippen LogP contribution >= 0.6 is 0 Å². The Hall–Kier alpha value is -2.30. The number of nitrogens with zero attached hydrogens (tertiary/aromatic N) is 3. The first-order valence-electron chi connectivity index (χ1n) is 8.52. The van der Waals surface area contributed by atoms with Crippen molar-refractivity contribution < 1.29 is 9.53 Å². The molecule has 2 aliphatic heterocycles. The van der Waals surface area contributed by atoms with Gasteiger partial charge in [-0.25, -0.2) is 4.79 Å². The second-order valence-electron chi connectivity index (χ2n) is 7.68. The fraction of sp³-hybridized carbons (Fsp3) is 0.474. The lowest BCUT2D eigenvalue weighted by Gasteiger charge is -2.36. The molecule has 4 rings (SSSR count). The maximum atomic E-state index is 12.4. The summed E-state index contributed by atoms with van der Waals surface area (Å²) in [5.41, 5.74) is 1.79. The average molecular weight is 325 g/mol. The SMILES string of the molecule is CC(C)(C)OC(=O)N1C[C@@H]2C[C@H]1CN2c1ccnc2ccccc12. The summed E-state index contributed by atoms with van der Waals surface area (Å²) in [7, 11) is 0. The van der Waals surface area contributed by atoms with Gasteiger partial charge in [0, 0.05) is 36.4 Å². The van der Waals surface area contributed by atoms with Gasteiger partial charge in [0.05, 0.1) is 11.6 Å². The Morgan fingerprint density at radius 2 is 1.96 bits per heavy atom. The Bertz CT molecular complexity index is 778. The van der Waals surface area contributed by atoms with Crippen LogP contribution in [0.4, 0.5) is 10.5 Å². The first-order valence-corrected chi connectivity index (χ1v) is 8.52. The van der Waals surface area contributed by atoms with Gasteiger partial charge in [-0.15, -0.1) is 0 Å². The fourth-order valence-corrected chi connectivity index (χ4v) is 3.84. The monoisotopic (exact) mass is 325 g/mol. The number of benzene rings is 1. The van der Waals surface area contributed by atoms with Crippen molar-refractivity contribution >= 4 is 22.7 Å². The van der Waals surface area contributed by atoms with E-state index in [9.17, 15) is 4.79 Å². The summed E-state index contributed by atoms with van der Waals surface area (Å²) in [6.45, 7) is 7.33. The molecule has 0 radical (unpaired) electrons. The fourth-order valence-electron chi connectivity index (χ4n) is 3.84. The number of para-hydroxylation sites is 1. The molecule has 0 aliphatic carbocycles. The quantitative estimate of drug-likeness (QED) is 0.806. The largest absolute Gasteiger partial charge is 0.444 e. The topological polar surface area (TPSA) is 45.7 Å². The zero-order valence-electron chi connectivity index (χ0n) is 14.4. The molecule has 3 heterocycles. The van der Waals surface area contributed by atoms with Crippen LogP contribution in [-0.2, 0) is 4.74 Å². The smallest absolute Gasteiger partial charge is 0.410 e. The molecule has 0 N–H and O–H groups in total. The molecular formula is C19H23N3O2. The van der Waals surface area contributed by atoms with Gasteiger partial charge in [-0.3, -0.25) is 4.98 Å². The van der Waals surface area contributed by atoms with Gasteiger partial charge in [-0.2, -0.15) is 0 Å². The lowest BCUT2D eigenvalue weighted by molar-refractivity contribution is 0.0215. The van der Waals surface area contributed by atoms with E-state index < -0.39 is 5.60 Å². The van der Waals surface area contributed by atoms with Crippen LogP contribution < -0.4 is 4.90 Å². The Kier molecular flexibility index (Phi) is 3.41. The number of aromatic nitrogens is 1. The molecule has 2 atom stereocenters. The van der Waals surface area contributed by atoms with Crippen LogP contribution in [0.2, 0.25) is 0 Å². The molecule has 5 heteroatoms. The zero-order chi connectivity index (χ0) is 16.9. The highest BCUT2D eigenvalue weighted by Gasteiger charge is 2.46. The highest BCUT2D eigenvalue weighted by Crippen LogP contribution is 2.37. The normalized spacial score (nSPS) is 23.1. The van der Waals surface area contributed by atoms with Gasteiger partial charge >= 0.3 is 6.09 Å². The predicted molar refractivity (Wildman–Crippen MR) is 94.2 cm³/mol. The Balaban J connectivity index is 1.55. The second kappa shape index (κ2) is 5.36. The third kappa shape index (κ3) is 2.58. The number of amides is 1. The van der Waals surface area contributed by atoms with Crippen molar-refractivity contribution in [1.29, 1.82) is 0 Å². The molecule has 0 spiro atoms. The molecule has 2 saturated heterocycles. The van der Waals surface area contributed by atoms with Crippen molar-refractivity contribution in [2.45, 2.75) is 44.9 Å². The molecule has 2 aliphatic rings. The predicted octanol–water partition coefficient (Wildman–Crippen LogP) is 3.43.